The third-order valence-electron chi connectivity index (χ3n) is 5.17. The second kappa shape index (κ2) is 10.6. The second-order valence-electron chi connectivity index (χ2n) is 7.81. The van der Waals surface area contributed by atoms with Gasteiger partial charge < -0.3 is 9.47 Å². The first-order valence-electron chi connectivity index (χ1n) is 10.9. The van der Waals surface area contributed by atoms with E-state index in [4.69, 9.17) is 9.47 Å². The minimum Gasteiger partial charge on any atom is -0.490 e. The van der Waals surface area contributed by atoms with Crippen LogP contribution in [0.5, 0.6) is 11.5 Å². The van der Waals surface area contributed by atoms with E-state index in [1.165, 1.54) is 12.1 Å². The van der Waals surface area contributed by atoms with Crippen LogP contribution in [0.4, 0.5) is 9.18 Å². The molecule has 0 unspecified atom stereocenters. The highest BCUT2D eigenvalue weighted by molar-refractivity contribution is 8.18. The molecule has 1 heterocycles. The van der Waals surface area contributed by atoms with E-state index in [-0.39, 0.29) is 23.5 Å². The summed E-state index contributed by atoms with van der Waals surface area (Å²) in [6.45, 7) is 4.88. The monoisotopic (exact) mass is 477 g/mol. The van der Waals surface area contributed by atoms with Crippen molar-refractivity contribution in [1.29, 1.82) is 0 Å². The first kappa shape index (κ1) is 23.6. The molecule has 0 saturated carbocycles. The lowest BCUT2D eigenvalue weighted by atomic mass is 10.1. The number of benzene rings is 3. The molecule has 0 aliphatic carbocycles. The van der Waals surface area contributed by atoms with Crippen molar-refractivity contribution < 1.29 is 23.5 Å². The van der Waals surface area contributed by atoms with Gasteiger partial charge in [-0.1, -0.05) is 48.0 Å². The smallest absolute Gasteiger partial charge is 0.293 e. The van der Waals surface area contributed by atoms with Gasteiger partial charge in [0, 0.05) is 0 Å². The summed E-state index contributed by atoms with van der Waals surface area (Å²) in [7, 11) is 0. The van der Waals surface area contributed by atoms with Gasteiger partial charge in [0.2, 0.25) is 0 Å². The van der Waals surface area contributed by atoms with Gasteiger partial charge in [-0.15, -0.1) is 0 Å². The largest absolute Gasteiger partial charge is 0.490 e. The molecule has 1 aliphatic heterocycles. The van der Waals surface area contributed by atoms with Crippen LogP contribution < -0.4 is 9.47 Å². The molecule has 0 aromatic heterocycles. The molecule has 0 radical (unpaired) electrons. The summed E-state index contributed by atoms with van der Waals surface area (Å²) >= 11 is 0.884. The van der Waals surface area contributed by atoms with Crippen LogP contribution >= 0.6 is 11.8 Å². The van der Waals surface area contributed by atoms with Gasteiger partial charge in [-0.2, -0.15) is 0 Å². The fourth-order valence-corrected chi connectivity index (χ4v) is 4.36. The number of carbonyl (C=O) groups is 2. The van der Waals surface area contributed by atoms with Crippen molar-refractivity contribution in [1.82, 2.24) is 4.90 Å². The fraction of sp³-hybridized carbons (Fsp3) is 0.185. The average molecular weight is 478 g/mol. The van der Waals surface area contributed by atoms with Crippen molar-refractivity contribution in [3.8, 4) is 11.5 Å². The zero-order valence-corrected chi connectivity index (χ0v) is 19.7. The van der Waals surface area contributed by atoms with E-state index in [0.29, 0.717) is 35.2 Å². The molecular formula is C27H24FNO4S. The Morgan fingerprint density at radius 1 is 0.941 bits per heavy atom. The third kappa shape index (κ3) is 5.66. The first-order valence-corrected chi connectivity index (χ1v) is 11.7. The van der Waals surface area contributed by atoms with Gasteiger partial charge in [-0.3, -0.25) is 14.5 Å². The van der Waals surface area contributed by atoms with Crippen LogP contribution in [0.25, 0.3) is 6.08 Å². The molecule has 1 fully saturated rings. The highest BCUT2D eigenvalue weighted by Gasteiger charge is 2.35. The Hall–Kier alpha value is -3.58. The SMILES string of the molecule is CCOc1cc(/C=C2\SC(=O)N(Cc3ccc(F)cc3)C2=O)ccc1OCc1cccc(C)c1. The van der Waals surface area contributed by atoms with Crippen LogP contribution in [0.2, 0.25) is 0 Å². The minimum atomic E-state index is -0.378. The maximum absolute atomic E-state index is 13.1. The highest BCUT2D eigenvalue weighted by Crippen LogP contribution is 2.35. The van der Waals surface area contributed by atoms with E-state index in [9.17, 15) is 14.0 Å². The van der Waals surface area contributed by atoms with Gasteiger partial charge >= 0.3 is 0 Å². The Labute approximate surface area is 202 Å². The van der Waals surface area contributed by atoms with Gasteiger partial charge in [-0.05, 0) is 72.6 Å². The van der Waals surface area contributed by atoms with Gasteiger partial charge in [0.1, 0.15) is 12.4 Å². The van der Waals surface area contributed by atoms with Crippen LogP contribution in [0.15, 0.2) is 71.6 Å². The maximum Gasteiger partial charge on any atom is 0.293 e. The Morgan fingerprint density at radius 3 is 2.47 bits per heavy atom. The van der Waals surface area contributed by atoms with Crippen LogP contribution in [-0.2, 0) is 17.9 Å². The number of aryl methyl sites for hydroxylation is 1. The number of halogens is 1. The summed E-state index contributed by atoms with van der Waals surface area (Å²) in [5.41, 5.74) is 3.62. The Morgan fingerprint density at radius 2 is 1.74 bits per heavy atom. The van der Waals surface area contributed by atoms with E-state index >= 15 is 0 Å². The number of nitrogens with zero attached hydrogens (tertiary/aromatic N) is 1. The molecule has 1 saturated heterocycles. The summed E-state index contributed by atoms with van der Waals surface area (Å²) in [6, 6.07) is 19.2. The fourth-order valence-electron chi connectivity index (χ4n) is 3.53. The molecule has 2 amide bonds. The number of rotatable bonds is 8. The summed E-state index contributed by atoms with van der Waals surface area (Å²) in [5.74, 6) is 0.422. The summed E-state index contributed by atoms with van der Waals surface area (Å²) in [6.07, 6.45) is 1.67. The van der Waals surface area contributed by atoms with Crippen LogP contribution in [0, 0.1) is 12.7 Å². The molecule has 3 aromatic rings. The minimum absolute atomic E-state index is 0.0955. The van der Waals surface area contributed by atoms with E-state index < -0.39 is 0 Å². The lowest BCUT2D eigenvalue weighted by Crippen LogP contribution is -2.27. The zero-order valence-electron chi connectivity index (χ0n) is 18.9. The molecule has 5 nitrogen and oxygen atoms in total. The van der Waals surface area contributed by atoms with Crippen LogP contribution in [-0.4, -0.2) is 22.7 Å². The summed E-state index contributed by atoms with van der Waals surface area (Å²) in [4.78, 5) is 26.8. The molecule has 7 heteroatoms. The number of hydrogen-bond acceptors (Lipinski definition) is 5. The predicted octanol–water partition coefficient (Wildman–Crippen LogP) is 6.35. The molecule has 174 valence electrons. The van der Waals surface area contributed by atoms with Gasteiger partial charge in [0.05, 0.1) is 18.1 Å². The Bertz CT molecular complexity index is 1240. The number of thioether (sulfide) groups is 1. The molecule has 3 aromatic carbocycles. The Kier molecular flexibility index (Phi) is 7.33. The first-order chi connectivity index (χ1) is 16.4. The average Bonchev–Trinajstić information content (AvgIpc) is 3.07. The van der Waals surface area contributed by atoms with Gasteiger partial charge in [0.25, 0.3) is 11.1 Å². The number of hydrogen-bond donors (Lipinski definition) is 0. The van der Waals surface area contributed by atoms with Crippen molar-refractivity contribution in [2.45, 2.75) is 27.0 Å². The topological polar surface area (TPSA) is 55.8 Å². The lowest BCUT2D eigenvalue weighted by Gasteiger charge is -2.13. The highest BCUT2D eigenvalue weighted by atomic mass is 32.2. The summed E-state index contributed by atoms with van der Waals surface area (Å²) < 4.78 is 24.9. The quantitative estimate of drug-likeness (QED) is 0.354. The molecule has 4 rings (SSSR count). The predicted molar refractivity (Wildman–Crippen MR) is 131 cm³/mol. The molecule has 34 heavy (non-hydrogen) atoms. The molecular weight excluding hydrogens is 453 g/mol. The number of imide groups is 1. The molecule has 0 spiro atoms. The van der Waals surface area contributed by atoms with Crippen LogP contribution in [0.1, 0.15) is 29.2 Å². The van der Waals surface area contributed by atoms with Crippen LogP contribution in [0.3, 0.4) is 0 Å². The molecule has 0 N–H and O–H groups in total. The van der Waals surface area contributed by atoms with Crippen molar-refractivity contribution in [3.05, 3.63) is 99.7 Å². The molecule has 0 atom stereocenters. The molecule has 1 aliphatic rings. The van der Waals surface area contributed by atoms with Gasteiger partial charge in [0.15, 0.2) is 11.5 Å². The Balaban J connectivity index is 1.50. The van der Waals surface area contributed by atoms with E-state index in [2.05, 4.69) is 6.07 Å². The third-order valence-corrected chi connectivity index (χ3v) is 6.08. The second-order valence-corrected chi connectivity index (χ2v) is 8.80. The van der Waals surface area contributed by atoms with Crippen molar-refractivity contribution in [2.75, 3.05) is 6.61 Å². The van der Waals surface area contributed by atoms with E-state index in [0.717, 1.165) is 33.4 Å². The zero-order chi connectivity index (χ0) is 24.1. The van der Waals surface area contributed by atoms with E-state index in [1.807, 2.05) is 38.1 Å². The maximum atomic E-state index is 13.1. The van der Waals surface area contributed by atoms with Gasteiger partial charge in [-0.25, -0.2) is 4.39 Å². The van der Waals surface area contributed by atoms with E-state index in [1.54, 1.807) is 30.3 Å². The van der Waals surface area contributed by atoms with Crippen molar-refractivity contribution in [3.63, 3.8) is 0 Å². The lowest BCUT2D eigenvalue weighted by molar-refractivity contribution is -0.123. The van der Waals surface area contributed by atoms with Crippen molar-refractivity contribution in [2.24, 2.45) is 0 Å². The number of ether oxygens (including phenoxy) is 2. The number of carbonyl (C=O) groups excluding carboxylic acids is 2. The number of amides is 2. The standard InChI is InChI=1S/C27H24FNO4S/c1-3-32-24-14-20(9-12-23(24)33-17-21-6-4-5-18(2)13-21)15-25-26(30)29(27(31)34-25)16-19-7-10-22(28)11-8-19/h4-15H,3,16-17H2,1-2H3/b25-15-. The summed E-state index contributed by atoms with van der Waals surface area (Å²) in [5, 5.41) is -0.358. The van der Waals surface area contributed by atoms with Crippen molar-refractivity contribution >= 4 is 29.0 Å². The normalized spacial score (nSPS) is 14.7. The molecule has 0 bridgehead atoms.